The van der Waals surface area contributed by atoms with Gasteiger partial charge < -0.3 is 14.5 Å². The average molecular weight is 657 g/mol. The number of nitrogens with zero attached hydrogens (tertiary/aromatic N) is 3. The molecule has 2 aromatic heterocycles. The molecule has 242 valence electrons. The highest BCUT2D eigenvalue weighted by molar-refractivity contribution is 7.92. The first kappa shape index (κ1) is 32.0. The number of nitrogens with one attached hydrogen (secondary N) is 1. The van der Waals surface area contributed by atoms with E-state index in [9.17, 15) is 22.4 Å². The summed E-state index contributed by atoms with van der Waals surface area (Å²) < 4.78 is 52.8. The second kappa shape index (κ2) is 12.3. The summed E-state index contributed by atoms with van der Waals surface area (Å²) in [5, 5.41) is 3.07. The summed E-state index contributed by atoms with van der Waals surface area (Å²) in [6, 6.07) is 15.9. The van der Waals surface area contributed by atoms with Crippen molar-refractivity contribution in [2.24, 2.45) is 0 Å². The molecule has 0 saturated carbocycles. The van der Waals surface area contributed by atoms with E-state index < -0.39 is 27.2 Å². The molecule has 10 nitrogen and oxygen atoms in total. The number of hydrogen-bond donors (Lipinski definition) is 1. The van der Waals surface area contributed by atoms with E-state index in [1.54, 1.807) is 43.6 Å². The highest BCUT2D eigenvalue weighted by atomic mass is 32.2. The van der Waals surface area contributed by atoms with Gasteiger partial charge in [-0.05, 0) is 67.4 Å². The van der Waals surface area contributed by atoms with Crippen LogP contribution >= 0.6 is 0 Å². The highest BCUT2D eigenvalue weighted by Gasteiger charge is 2.45. The van der Waals surface area contributed by atoms with Gasteiger partial charge in [0.15, 0.2) is 5.78 Å². The van der Waals surface area contributed by atoms with Gasteiger partial charge in [-0.1, -0.05) is 12.1 Å². The second-order valence-electron chi connectivity index (χ2n) is 11.7. The summed E-state index contributed by atoms with van der Waals surface area (Å²) in [7, 11) is -2.27. The molecule has 5 aromatic rings. The SMILES string of the molecule is CCN(c1cc2oc(-c3ccc(F)cc3)c(C(=O)NC)c2cc1-c1ccc(C)c(C(=O)CC2(c3ncccn3)COC2)c1)S(C)(=O)=O. The minimum Gasteiger partial charge on any atom is -0.455 e. The molecule has 0 unspecified atom stereocenters. The van der Waals surface area contributed by atoms with E-state index in [1.807, 2.05) is 19.1 Å². The number of sulfonamides is 1. The van der Waals surface area contributed by atoms with Crippen LogP contribution in [0.25, 0.3) is 33.4 Å². The maximum Gasteiger partial charge on any atom is 0.255 e. The van der Waals surface area contributed by atoms with Gasteiger partial charge in [-0.25, -0.2) is 22.8 Å². The van der Waals surface area contributed by atoms with Gasteiger partial charge in [0.2, 0.25) is 10.0 Å². The van der Waals surface area contributed by atoms with Crippen molar-refractivity contribution in [3.8, 4) is 22.5 Å². The first-order chi connectivity index (χ1) is 22.5. The first-order valence-electron chi connectivity index (χ1n) is 15.0. The van der Waals surface area contributed by atoms with Crippen molar-refractivity contribution >= 4 is 38.4 Å². The average Bonchev–Trinajstić information content (AvgIpc) is 3.41. The van der Waals surface area contributed by atoms with Crippen molar-refractivity contribution < 1.29 is 31.6 Å². The lowest BCUT2D eigenvalue weighted by atomic mass is 9.78. The molecule has 0 radical (unpaired) electrons. The Morgan fingerprint density at radius 2 is 1.70 bits per heavy atom. The van der Waals surface area contributed by atoms with Gasteiger partial charge in [-0.2, -0.15) is 0 Å². The fourth-order valence-electron chi connectivity index (χ4n) is 6.03. The predicted molar refractivity (Wildman–Crippen MR) is 177 cm³/mol. The van der Waals surface area contributed by atoms with Crippen LogP contribution < -0.4 is 9.62 Å². The zero-order valence-corrected chi connectivity index (χ0v) is 27.2. The Labute approximate surface area is 271 Å². The zero-order valence-electron chi connectivity index (χ0n) is 26.3. The quantitative estimate of drug-likeness (QED) is 0.190. The van der Waals surface area contributed by atoms with Crippen LogP contribution in [0.15, 0.2) is 77.5 Å². The van der Waals surface area contributed by atoms with Gasteiger partial charge >= 0.3 is 0 Å². The number of ether oxygens (including phenoxy) is 1. The molecular weight excluding hydrogens is 623 g/mol. The molecule has 1 fully saturated rings. The molecule has 6 rings (SSSR count). The van der Waals surface area contributed by atoms with Gasteiger partial charge in [0.25, 0.3) is 5.91 Å². The van der Waals surface area contributed by atoms with Gasteiger partial charge in [0, 0.05) is 60.5 Å². The third-order valence-electron chi connectivity index (χ3n) is 8.47. The minimum absolute atomic E-state index is 0.114. The molecule has 1 saturated heterocycles. The molecule has 1 amide bonds. The van der Waals surface area contributed by atoms with E-state index in [1.165, 1.54) is 35.6 Å². The molecule has 0 bridgehead atoms. The van der Waals surface area contributed by atoms with Crippen molar-refractivity contribution in [2.45, 2.75) is 25.7 Å². The largest absolute Gasteiger partial charge is 0.455 e. The van der Waals surface area contributed by atoms with E-state index in [-0.39, 0.29) is 35.7 Å². The Kier molecular flexibility index (Phi) is 8.41. The molecule has 1 aliphatic heterocycles. The number of rotatable bonds is 10. The Bertz CT molecular complexity index is 2110. The number of fused-ring (bicyclic) bond motifs is 1. The minimum atomic E-state index is -3.76. The number of aromatic nitrogens is 2. The van der Waals surface area contributed by atoms with Crippen LogP contribution in [0, 0.1) is 12.7 Å². The van der Waals surface area contributed by atoms with E-state index in [2.05, 4.69) is 15.3 Å². The van der Waals surface area contributed by atoms with Gasteiger partial charge in [-0.3, -0.25) is 13.9 Å². The normalized spacial score (nSPS) is 14.1. The fraction of sp³-hybridized carbons (Fsp3) is 0.257. The van der Waals surface area contributed by atoms with Crippen LogP contribution in [0.3, 0.4) is 0 Å². The molecule has 47 heavy (non-hydrogen) atoms. The summed E-state index contributed by atoms with van der Waals surface area (Å²) in [5.74, 6) is -0.258. The molecule has 0 aliphatic carbocycles. The second-order valence-corrected chi connectivity index (χ2v) is 13.6. The number of carbonyl (C=O) groups is 2. The number of ketones is 1. The maximum absolute atomic E-state index is 13.9. The molecule has 1 aliphatic rings. The lowest BCUT2D eigenvalue weighted by molar-refractivity contribution is -0.0644. The van der Waals surface area contributed by atoms with E-state index in [4.69, 9.17) is 9.15 Å². The molecule has 0 atom stereocenters. The lowest BCUT2D eigenvalue weighted by Crippen LogP contribution is -2.49. The summed E-state index contributed by atoms with van der Waals surface area (Å²) in [5.41, 5.74) is 2.87. The van der Waals surface area contributed by atoms with Crippen LogP contribution in [0.1, 0.15) is 45.4 Å². The lowest BCUT2D eigenvalue weighted by Gasteiger charge is -2.39. The highest BCUT2D eigenvalue weighted by Crippen LogP contribution is 2.42. The number of Topliss-reactive ketones (excluding diaryl/α,β-unsaturated/α-hetero) is 1. The van der Waals surface area contributed by atoms with E-state index >= 15 is 0 Å². The van der Waals surface area contributed by atoms with E-state index in [0.29, 0.717) is 52.4 Å². The first-order valence-corrected chi connectivity index (χ1v) is 16.9. The van der Waals surface area contributed by atoms with Crippen LogP contribution in [0.2, 0.25) is 0 Å². The maximum atomic E-state index is 13.9. The monoisotopic (exact) mass is 656 g/mol. The van der Waals surface area contributed by atoms with Crippen molar-refractivity contribution in [3.63, 3.8) is 0 Å². The Morgan fingerprint density at radius 3 is 2.30 bits per heavy atom. The number of aryl methyl sites for hydroxylation is 1. The Balaban J connectivity index is 1.54. The number of amides is 1. The topological polar surface area (TPSA) is 132 Å². The third kappa shape index (κ3) is 5.90. The van der Waals surface area contributed by atoms with Crippen LogP contribution in [0.5, 0.6) is 0 Å². The van der Waals surface area contributed by atoms with Gasteiger partial charge in [-0.15, -0.1) is 0 Å². The fourth-order valence-corrected chi connectivity index (χ4v) is 7.01. The smallest absolute Gasteiger partial charge is 0.255 e. The zero-order chi connectivity index (χ0) is 33.5. The van der Waals surface area contributed by atoms with Crippen molar-refractivity contribution in [1.29, 1.82) is 0 Å². The number of anilines is 1. The van der Waals surface area contributed by atoms with Crippen molar-refractivity contribution in [3.05, 3.63) is 101 Å². The molecule has 3 heterocycles. The number of carbonyl (C=O) groups excluding carboxylic acids is 2. The Hall–Kier alpha value is -4.94. The molecule has 12 heteroatoms. The number of hydrogen-bond acceptors (Lipinski definition) is 8. The van der Waals surface area contributed by atoms with Gasteiger partial charge in [0.1, 0.15) is 23.0 Å². The van der Waals surface area contributed by atoms with Crippen molar-refractivity contribution in [2.75, 3.05) is 37.4 Å². The van der Waals surface area contributed by atoms with E-state index in [0.717, 1.165) is 11.8 Å². The standard InChI is InChI=1S/C35H33FN4O6S/c1-5-40(47(4,43)44)28-17-30-27(31(33(42)37-3)32(46-30)22-9-11-24(36)12-10-22)16-26(28)23-8-7-21(2)25(15-23)29(41)18-35(19-45-20-35)34-38-13-6-14-39-34/h6-17H,5,18-20H2,1-4H3,(H,37,42). The summed E-state index contributed by atoms with van der Waals surface area (Å²) in [6.07, 6.45) is 4.52. The van der Waals surface area contributed by atoms with Crippen LogP contribution in [-0.4, -0.2) is 63.1 Å². The van der Waals surface area contributed by atoms with Crippen molar-refractivity contribution in [1.82, 2.24) is 15.3 Å². The molecule has 0 spiro atoms. The predicted octanol–water partition coefficient (Wildman–Crippen LogP) is 5.69. The van der Waals surface area contributed by atoms with Crippen LogP contribution in [0.4, 0.5) is 10.1 Å². The summed E-state index contributed by atoms with van der Waals surface area (Å²) >= 11 is 0. The number of halogens is 1. The van der Waals surface area contributed by atoms with Gasteiger partial charge in [0.05, 0.1) is 36.1 Å². The molecule has 1 N–H and O–H groups in total. The third-order valence-corrected chi connectivity index (χ3v) is 9.72. The summed E-state index contributed by atoms with van der Waals surface area (Å²) in [4.78, 5) is 36.0. The molecule has 3 aromatic carbocycles. The summed E-state index contributed by atoms with van der Waals surface area (Å²) in [6.45, 7) is 4.31. The number of furan rings is 1. The van der Waals surface area contributed by atoms with Crippen LogP contribution in [-0.2, 0) is 20.2 Å². The Morgan fingerprint density at radius 1 is 1.02 bits per heavy atom. The number of benzene rings is 3. The molecular formula is C35H33FN4O6S.